The van der Waals surface area contributed by atoms with Crippen molar-refractivity contribution >= 4 is 15.7 Å². The second-order valence-electron chi connectivity index (χ2n) is 6.59. The summed E-state index contributed by atoms with van der Waals surface area (Å²) in [5.74, 6) is 0.262. The van der Waals surface area contributed by atoms with E-state index < -0.39 is 9.84 Å². The van der Waals surface area contributed by atoms with Gasteiger partial charge in [0.1, 0.15) is 12.7 Å². The predicted molar refractivity (Wildman–Crippen MR) is 93.9 cm³/mol. The molecule has 0 N–H and O–H groups in total. The van der Waals surface area contributed by atoms with Gasteiger partial charge in [0.15, 0.2) is 9.84 Å². The van der Waals surface area contributed by atoms with Crippen molar-refractivity contribution in [3.63, 3.8) is 0 Å². The van der Waals surface area contributed by atoms with Crippen molar-refractivity contribution in [2.24, 2.45) is 5.92 Å². The highest BCUT2D eigenvalue weighted by Gasteiger charge is 2.31. The molecule has 1 aromatic heterocycles. The van der Waals surface area contributed by atoms with Gasteiger partial charge in [-0.1, -0.05) is 12.1 Å². The van der Waals surface area contributed by atoms with Crippen molar-refractivity contribution in [3.05, 3.63) is 42.5 Å². The number of sulfone groups is 1. The molecule has 8 heteroatoms. The van der Waals surface area contributed by atoms with E-state index in [2.05, 4.69) is 10.1 Å². The third-order valence-corrected chi connectivity index (χ3v) is 6.66. The van der Waals surface area contributed by atoms with E-state index in [1.807, 2.05) is 31.2 Å². The standard InChI is InChI=1S/C17H22N4O3S/c1-13(15-3-5-16(6-4-15)21-12-18-11-19-21)20(2)17(22)9-14-7-8-25(23,24)10-14/h3-6,11-14H,7-10H2,1-2H3/t13-,14-/m1/s1. The van der Waals surface area contributed by atoms with E-state index in [4.69, 9.17) is 0 Å². The van der Waals surface area contributed by atoms with Gasteiger partial charge in [-0.25, -0.2) is 18.1 Å². The minimum atomic E-state index is -2.95. The molecule has 2 heterocycles. The Hall–Kier alpha value is -2.22. The maximum atomic E-state index is 12.5. The number of aromatic nitrogens is 3. The van der Waals surface area contributed by atoms with Crippen LogP contribution >= 0.6 is 0 Å². The van der Waals surface area contributed by atoms with E-state index in [0.29, 0.717) is 6.42 Å². The van der Waals surface area contributed by atoms with Gasteiger partial charge in [0.25, 0.3) is 0 Å². The topological polar surface area (TPSA) is 85.2 Å². The Balaban J connectivity index is 1.63. The van der Waals surface area contributed by atoms with E-state index in [0.717, 1.165) is 11.3 Å². The van der Waals surface area contributed by atoms with Gasteiger partial charge in [-0.2, -0.15) is 5.10 Å². The average Bonchev–Trinajstić information content (AvgIpc) is 3.23. The number of carbonyl (C=O) groups is 1. The van der Waals surface area contributed by atoms with Crippen LogP contribution in [0.15, 0.2) is 36.9 Å². The van der Waals surface area contributed by atoms with Crippen molar-refractivity contribution in [1.29, 1.82) is 0 Å². The number of hydrogen-bond donors (Lipinski definition) is 0. The molecule has 2 atom stereocenters. The lowest BCUT2D eigenvalue weighted by atomic mass is 10.0. The van der Waals surface area contributed by atoms with Crippen molar-refractivity contribution in [2.75, 3.05) is 18.6 Å². The first-order valence-corrected chi connectivity index (χ1v) is 10.1. The van der Waals surface area contributed by atoms with Crippen LogP contribution in [0, 0.1) is 5.92 Å². The Bertz CT molecular complexity index is 831. The highest BCUT2D eigenvalue weighted by atomic mass is 32.2. The minimum absolute atomic E-state index is 0.0186. The first-order valence-electron chi connectivity index (χ1n) is 8.27. The highest BCUT2D eigenvalue weighted by molar-refractivity contribution is 7.91. The summed E-state index contributed by atoms with van der Waals surface area (Å²) in [5.41, 5.74) is 1.91. The monoisotopic (exact) mass is 362 g/mol. The summed E-state index contributed by atoms with van der Waals surface area (Å²) in [6.45, 7) is 1.97. The van der Waals surface area contributed by atoms with E-state index in [-0.39, 0.29) is 35.8 Å². The zero-order chi connectivity index (χ0) is 18.0. The van der Waals surface area contributed by atoms with Gasteiger partial charge in [0.05, 0.1) is 23.2 Å². The second-order valence-corrected chi connectivity index (χ2v) is 8.81. The Labute approximate surface area is 147 Å². The molecule has 1 amide bonds. The zero-order valence-electron chi connectivity index (χ0n) is 14.4. The van der Waals surface area contributed by atoms with E-state index in [9.17, 15) is 13.2 Å². The van der Waals surface area contributed by atoms with Crippen LogP contribution in [0.1, 0.15) is 31.4 Å². The summed E-state index contributed by atoms with van der Waals surface area (Å²) in [7, 11) is -1.18. The maximum absolute atomic E-state index is 12.5. The molecule has 0 radical (unpaired) electrons. The molecule has 0 spiro atoms. The number of benzene rings is 1. The molecule has 0 unspecified atom stereocenters. The Morgan fingerprint density at radius 2 is 2.08 bits per heavy atom. The highest BCUT2D eigenvalue weighted by Crippen LogP contribution is 2.25. The fourth-order valence-electron chi connectivity index (χ4n) is 3.11. The summed E-state index contributed by atoms with van der Waals surface area (Å²) < 4.78 is 24.8. The Morgan fingerprint density at radius 3 is 2.64 bits per heavy atom. The van der Waals surface area contributed by atoms with E-state index >= 15 is 0 Å². The molecule has 7 nitrogen and oxygen atoms in total. The maximum Gasteiger partial charge on any atom is 0.223 e. The van der Waals surface area contributed by atoms with Gasteiger partial charge in [-0.3, -0.25) is 4.79 Å². The van der Waals surface area contributed by atoms with E-state index in [1.54, 1.807) is 23.0 Å². The largest absolute Gasteiger partial charge is 0.339 e. The van der Waals surface area contributed by atoms with Crippen molar-refractivity contribution in [2.45, 2.75) is 25.8 Å². The molecule has 25 heavy (non-hydrogen) atoms. The van der Waals surface area contributed by atoms with Gasteiger partial charge in [0, 0.05) is 13.5 Å². The summed E-state index contributed by atoms with van der Waals surface area (Å²) in [6.07, 6.45) is 3.98. The average molecular weight is 362 g/mol. The van der Waals surface area contributed by atoms with Gasteiger partial charge >= 0.3 is 0 Å². The summed E-state index contributed by atoms with van der Waals surface area (Å²) in [5, 5.41) is 4.09. The van der Waals surface area contributed by atoms with Gasteiger partial charge in [-0.15, -0.1) is 0 Å². The first kappa shape index (κ1) is 17.6. The van der Waals surface area contributed by atoms with Crippen LogP contribution in [-0.4, -0.2) is 52.5 Å². The van der Waals surface area contributed by atoms with Crippen LogP contribution in [0.25, 0.3) is 5.69 Å². The molecule has 1 fully saturated rings. The molecule has 3 rings (SSSR count). The smallest absolute Gasteiger partial charge is 0.223 e. The van der Waals surface area contributed by atoms with Crippen LogP contribution in [0.5, 0.6) is 0 Å². The number of carbonyl (C=O) groups excluding carboxylic acids is 1. The van der Waals surface area contributed by atoms with Crippen molar-refractivity contribution in [3.8, 4) is 5.69 Å². The predicted octanol–water partition coefficient (Wildman–Crippen LogP) is 1.61. The normalized spacial score (nSPS) is 20.3. The molecule has 1 aromatic carbocycles. The van der Waals surface area contributed by atoms with Crippen LogP contribution in [0.2, 0.25) is 0 Å². The lowest BCUT2D eigenvalue weighted by Crippen LogP contribution is -2.31. The van der Waals surface area contributed by atoms with Crippen LogP contribution in [-0.2, 0) is 14.6 Å². The van der Waals surface area contributed by atoms with Gasteiger partial charge < -0.3 is 4.90 Å². The fourth-order valence-corrected chi connectivity index (χ4v) is 4.97. The molecule has 0 aliphatic carbocycles. The third-order valence-electron chi connectivity index (χ3n) is 4.82. The lowest BCUT2D eigenvalue weighted by Gasteiger charge is -2.26. The Morgan fingerprint density at radius 1 is 1.36 bits per heavy atom. The van der Waals surface area contributed by atoms with Gasteiger partial charge in [-0.05, 0) is 37.0 Å². The molecular formula is C17H22N4O3S. The molecule has 1 aliphatic heterocycles. The molecular weight excluding hydrogens is 340 g/mol. The molecule has 134 valence electrons. The number of amides is 1. The fraction of sp³-hybridized carbons (Fsp3) is 0.471. The number of nitrogens with zero attached hydrogens (tertiary/aromatic N) is 4. The summed E-state index contributed by atoms with van der Waals surface area (Å²) >= 11 is 0. The lowest BCUT2D eigenvalue weighted by molar-refractivity contribution is -0.132. The number of hydrogen-bond acceptors (Lipinski definition) is 5. The zero-order valence-corrected chi connectivity index (χ0v) is 15.2. The second kappa shape index (κ2) is 6.95. The molecule has 2 aromatic rings. The van der Waals surface area contributed by atoms with Crippen molar-refractivity contribution in [1.82, 2.24) is 19.7 Å². The summed E-state index contributed by atoms with van der Waals surface area (Å²) in [6, 6.07) is 7.71. The third kappa shape index (κ3) is 4.07. The summed E-state index contributed by atoms with van der Waals surface area (Å²) in [4.78, 5) is 18.1. The van der Waals surface area contributed by atoms with E-state index in [1.165, 1.54) is 6.33 Å². The van der Waals surface area contributed by atoms with Gasteiger partial charge in [0.2, 0.25) is 5.91 Å². The minimum Gasteiger partial charge on any atom is -0.339 e. The van der Waals surface area contributed by atoms with Crippen molar-refractivity contribution < 1.29 is 13.2 Å². The van der Waals surface area contributed by atoms with Crippen LogP contribution < -0.4 is 0 Å². The SMILES string of the molecule is C[C@H](c1ccc(-n2cncn2)cc1)N(C)C(=O)C[C@H]1CCS(=O)(=O)C1. The Kier molecular flexibility index (Phi) is 4.89. The quantitative estimate of drug-likeness (QED) is 0.807. The van der Waals surface area contributed by atoms with Crippen LogP contribution in [0.3, 0.4) is 0 Å². The molecule has 1 saturated heterocycles. The first-order chi connectivity index (χ1) is 11.9. The van der Waals surface area contributed by atoms with Crippen LogP contribution in [0.4, 0.5) is 0 Å². The number of rotatable bonds is 5. The molecule has 1 aliphatic rings. The molecule has 0 bridgehead atoms. The molecule has 0 saturated carbocycles.